The molecule has 0 aliphatic heterocycles. The lowest BCUT2D eigenvalue weighted by molar-refractivity contribution is -0.142. The van der Waals surface area contributed by atoms with E-state index in [0.717, 1.165) is 12.0 Å². The van der Waals surface area contributed by atoms with E-state index in [1.54, 1.807) is 12.1 Å². The number of carbonyl (C=O) groups is 1. The van der Waals surface area contributed by atoms with Gasteiger partial charge in [0, 0.05) is 0 Å². The maximum Gasteiger partial charge on any atom is 0.309 e. The molecule has 2 rings (SSSR count). The van der Waals surface area contributed by atoms with Gasteiger partial charge in [0.15, 0.2) is 0 Å². The molecular weight excluding hydrogens is 180 g/mol. The van der Waals surface area contributed by atoms with E-state index in [0.29, 0.717) is 0 Å². The van der Waals surface area contributed by atoms with Crippen molar-refractivity contribution in [1.29, 1.82) is 0 Å². The van der Waals surface area contributed by atoms with E-state index in [9.17, 15) is 4.79 Å². The molecular formula is C11H12O3. The number of esters is 1. The lowest BCUT2D eigenvalue weighted by Gasteiger charge is -1.99. The van der Waals surface area contributed by atoms with Crippen LogP contribution in [0.1, 0.15) is 17.9 Å². The van der Waals surface area contributed by atoms with Gasteiger partial charge in [-0.25, -0.2) is 0 Å². The van der Waals surface area contributed by atoms with Crippen molar-refractivity contribution in [3.63, 3.8) is 0 Å². The van der Waals surface area contributed by atoms with Crippen LogP contribution >= 0.6 is 0 Å². The topological polar surface area (TPSA) is 46.5 Å². The number of ether oxygens (including phenoxy) is 1. The maximum atomic E-state index is 11.2. The first-order valence-electron chi connectivity index (χ1n) is 4.59. The van der Waals surface area contributed by atoms with Gasteiger partial charge >= 0.3 is 5.97 Å². The van der Waals surface area contributed by atoms with Crippen LogP contribution in [0.4, 0.5) is 0 Å². The molecule has 74 valence electrons. The summed E-state index contributed by atoms with van der Waals surface area (Å²) in [5, 5.41) is 9.09. The Balaban J connectivity index is 2.06. The molecule has 1 fully saturated rings. The third kappa shape index (κ3) is 1.58. The van der Waals surface area contributed by atoms with E-state index >= 15 is 0 Å². The number of rotatable bonds is 2. The zero-order valence-electron chi connectivity index (χ0n) is 7.93. The monoisotopic (exact) mass is 192 g/mol. The smallest absolute Gasteiger partial charge is 0.309 e. The first-order valence-corrected chi connectivity index (χ1v) is 4.59. The summed E-state index contributed by atoms with van der Waals surface area (Å²) in [4.78, 5) is 11.2. The highest BCUT2D eigenvalue weighted by atomic mass is 16.5. The van der Waals surface area contributed by atoms with E-state index in [2.05, 4.69) is 4.74 Å². The van der Waals surface area contributed by atoms with Gasteiger partial charge < -0.3 is 9.84 Å². The number of hydrogen-bond donors (Lipinski definition) is 1. The number of aromatic hydroxyl groups is 1. The Labute approximate surface area is 82.3 Å². The predicted octanol–water partition coefficient (Wildman–Crippen LogP) is 1.67. The highest BCUT2D eigenvalue weighted by molar-refractivity contribution is 5.77. The Morgan fingerprint density at radius 1 is 1.43 bits per heavy atom. The summed E-state index contributed by atoms with van der Waals surface area (Å²) in [7, 11) is 1.41. The van der Waals surface area contributed by atoms with Crippen molar-refractivity contribution in [2.75, 3.05) is 7.11 Å². The number of methoxy groups -OCH3 is 1. The van der Waals surface area contributed by atoms with E-state index < -0.39 is 0 Å². The van der Waals surface area contributed by atoms with Crippen molar-refractivity contribution in [2.45, 2.75) is 12.3 Å². The van der Waals surface area contributed by atoms with E-state index in [-0.39, 0.29) is 23.6 Å². The molecule has 1 N–H and O–H groups in total. The summed E-state index contributed by atoms with van der Waals surface area (Å²) in [6.45, 7) is 0. The summed E-state index contributed by atoms with van der Waals surface area (Å²) < 4.78 is 4.66. The normalized spacial score (nSPS) is 24.4. The second kappa shape index (κ2) is 3.33. The molecule has 1 aromatic rings. The van der Waals surface area contributed by atoms with Gasteiger partial charge in [-0.2, -0.15) is 0 Å². The standard InChI is InChI=1S/C11H12O3/c1-14-11(13)10-6-9(10)7-2-4-8(12)5-3-7/h2-5,9-10,12H,6H2,1H3/t9-,10+/m1/s1. The fourth-order valence-corrected chi connectivity index (χ4v) is 1.70. The molecule has 0 unspecified atom stereocenters. The first kappa shape index (κ1) is 9.06. The van der Waals surface area contributed by atoms with E-state index in [1.807, 2.05) is 12.1 Å². The number of hydrogen-bond acceptors (Lipinski definition) is 3. The van der Waals surface area contributed by atoms with Crippen LogP contribution in [0.25, 0.3) is 0 Å². The fourth-order valence-electron chi connectivity index (χ4n) is 1.70. The average molecular weight is 192 g/mol. The van der Waals surface area contributed by atoms with Gasteiger partial charge in [-0.3, -0.25) is 4.79 Å². The highest BCUT2D eigenvalue weighted by Gasteiger charge is 2.44. The Morgan fingerprint density at radius 2 is 2.07 bits per heavy atom. The molecule has 0 radical (unpaired) electrons. The van der Waals surface area contributed by atoms with Crippen LogP contribution in [0.15, 0.2) is 24.3 Å². The van der Waals surface area contributed by atoms with Crippen LogP contribution in [0.5, 0.6) is 5.75 Å². The van der Waals surface area contributed by atoms with Crippen molar-refractivity contribution in [3.8, 4) is 5.75 Å². The number of carbonyl (C=O) groups excluding carboxylic acids is 1. The third-order valence-corrected chi connectivity index (χ3v) is 2.62. The van der Waals surface area contributed by atoms with Crippen LogP contribution < -0.4 is 0 Å². The summed E-state index contributed by atoms with van der Waals surface area (Å²) in [5.41, 5.74) is 1.10. The summed E-state index contributed by atoms with van der Waals surface area (Å²) >= 11 is 0. The van der Waals surface area contributed by atoms with Crippen LogP contribution in [0.2, 0.25) is 0 Å². The van der Waals surface area contributed by atoms with Crippen molar-refractivity contribution in [2.24, 2.45) is 5.92 Å². The van der Waals surface area contributed by atoms with Crippen molar-refractivity contribution >= 4 is 5.97 Å². The molecule has 0 spiro atoms. The molecule has 0 aromatic heterocycles. The molecule has 1 aromatic carbocycles. The predicted molar refractivity (Wildman–Crippen MR) is 51.0 cm³/mol. The minimum atomic E-state index is -0.136. The lowest BCUT2D eigenvalue weighted by atomic mass is 10.1. The van der Waals surface area contributed by atoms with Crippen LogP contribution in [-0.4, -0.2) is 18.2 Å². The minimum absolute atomic E-state index is 0.0181. The van der Waals surface area contributed by atoms with Crippen molar-refractivity contribution in [1.82, 2.24) is 0 Å². The molecule has 14 heavy (non-hydrogen) atoms. The molecule has 0 heterocycles. The largest absolute Gasteiger partial charge is 0.508 e. The maximum absolute atomic E-state index is 11.2. The van der Waals surface area contributed by atoms with Gasteiger partial charge in [0.2, 0.25) is 0 Å². The Morgan fingerprint density at radius 3 is 2.64 bits per heavy atom. The van der Waals surface area contributed by atoms with Gasteiger partial charge in [-0.15, -0.1) is 0 Å². The third-order valence-electron chi connectivity index (χ3n) is 2.62. The molecule has 0 saturated heterocycles. The Hall–Kier alpha value is -1.51. The zero-order chi connectivity index (χ0) is 10.1. The van der Waals surface area contributed by atoms with Crippen LogP contribution in [0, 0.1) is 5.92 Å². The average Bonchev–Trinajstić information content (AvgIpc) is 2.98. The summed E-state index contributed by atoms with van der Waals surface area (Å²) in [6, 6.07) is 6.98. The molecule has 2 atom stereocenters. The molecule has 0 bridgehead atoms. The van der Waals surface area contributed by atoms with Crippen molar-refractivity contribution < 1.29 is 14.6 Å². The van der Waals surface area contributed by atoms with Gasteiger partial charge in [0.05, 0.1) is 13.0 Å². The van der Waals surface area contributed by atoms with Gasteiger partial charge in [0.1, 0.15) is 5.75 Å². The van der Waals surface area contributed by atoms with Gasteiger partial charge in [-0.05, 0) is 30.0 Å². The lowest BCUT2D eigenvalue weighted by Crippen LogP contribution is -2.03. The number of phenols is 1. The second-order valence-corrected chi connectivity index (χ2v) is 3.56. The second-order valence-electron chi connectivity index (χ2n) is 3.56. The Kier molecular flexibility index (Phi) is 2.15. The summed E-state index contributed by atoms with van der Waals surface area (Å²) in [5.74, 6) is 0.416. The SMILES string of the molecule is COC(=O)[C@H]1C[C@@H]1c1ccc(O)cc1. The highest BCUT2D eigenvalue weighted by Crippen LogP contribution is 2.48. The Bertz CT molecular complexity index is 342. The molecule has 1 aliphatic rings. The summed E-state index contributed by atoms with van der Waals surface area (Å²) in [6.07, 6.45) is 0.859. The van der Waals surface area contributed by atoms with E-state index in [1.165, 1.54) is 7.11 Å². The molecule has 0 amide bonds. The molecule has 3 heteroatoms. The van der Waals surface area contributed by atoms with Crippen molar-refractivity contribution in [3.05, 3.63) is 29.8 Å². The van der Waals surface area contributed by atoms with Crippen LogP contribution in [0.3, 0.4) is 0 Å². The number of phenolic OH excluding ortho intramolecular Hbond substituents is 1. The molecule has 1 aliphatic carbocycles. The number of benzene rings is 1. The van der Waals surface area contributed by atoms with Gasteiger partial charge in [-0.1, -0.05) is 12.1 Å². The minimum Gasteiger partial charge on any atom is -0.508 e. The van der Waals surface area contributed by atoms with Crippen LogP contribution in [-0.2, 0) is 9.53 Å². The van der Waals surface area contributed by atoms with Gasteiger partial charge in [0.25, 0.3) is 0 Å². The van der Waals surface area contributed by atoms with E-state index in [4.69, 9.17) is 5.11 Å². The molecule has 1 saturated carbocycles. The first-order chi connectivity index (χ1) is 6.72. The quantitative estimate of drug-likeness (QED) is 0.725. The zero-order valence-corrected chi connectivity index (χ0v) is 7.93. The fraction of sp³-hybridized carbons (Fsp3) is 0.364. The molecule has 3 nitrogen and oxygen atoms in total.